The quantitative estimate of drug-likeness (QED) is 0.340. The Balaban J connectivity index is 1.44. The van der Waals surface area contributed by atoms with E-state index in [1.165, 1.54) is 7.11 Å². The molecule has 0 saturated carbocycles. The molecular weight excluding hydrogens is 523 g/mol. The minimum absolute atomic E-state index is 0.0459. The summed E-state index contributed by atoms with van der Waals surface area (Å²) in [5.41, 5.74) is 3.62. The van der Waals surface area contributed by atoms with Gasteiger partial charge in [-0.15, -0.1) is 5.10 Å². The first-order chi connectivity index (χ1) is 19.0. The van der Waals surface area contributed by atoms with Gasteiger partial charge >= 0.3 is 6.18 Å². The van der Waals surface area contributed by atoms with Crippen LogP contribution < -0.4 is 10.1 Å². The molecule has 1 saturated heterocycles. The summed E-state index contributed by atoms with van der Waals surface area (Å²) in [6.07, 6.45) is 0.798. The number of likely N-dealkylation sites (tertiary alicyclic amines) is 1. The fraction of sp³-hybridized carbons (Fsp3) is 0.357. The fourth-order valence-corrected chi connectivity index (χ4v) is 4.97. The van der Waals surface area contributed by atoms with Gasteiger partial charge in [-0.3, -0.25) is 14.4 Å². The summed E-state index contributed by atoms with van der Waals surface area (Å²) >= 11 is 0. The van der Waals surface area contributed by atoms with Gasteiger partial charge in [-0.25, -0.2) is 4.68 Å². The molecule has 40 heavy (non-hydrogen) atoms. The predicted octanol–water partition coefficient (Wildman–Crippen LogP) is 5.16. The summed E-state index contributed by atoms with van der Waals surface area (Å²) in [6.45, 7) is 5.71. The Morgan fingerprint density at radius 1 is 1.12 bits per heavy atom. The van der Waals surface area contributed by atoms with E-state index in [-0.39, 0.29) is 17.0 Å². The van der Waals surface area contributed by atoms with Crippen molar-refractivity contribution >= 4 is 11.6 Å². The first-order valence-electron chi connectivity index (χ1n) is 12.9. The molecule has 0 radical (unpaired) electrons. The van der Waals surface area contributed by atoms with E-state index in [1.54, 1.807) is 46.0 Å². The minimum Gasteiger partial charge on any atom is -0.496 e. The zero-order valence-corrected chi connectivity index (χ0v) is 22.7. The average molecular weight is 554 g/mol. The molecule has 2 aromatic heterocycles. The summed E-state index contributed by atoms with van der Waals surface area (Å²) in [5.74, 6) is -0.768. The van der Waals surface area contributed by atoms with E-state index in [1.807, 2.05) is 20.9 Å². The average Bonchev–Trinajstić information content (AvgIpc) is 3.66. The molecule has 0 unspecified atom stereocenters. The highest BCUT2D eigenvalue weighted by Gasteiger charge is 2.36. The molecule has 5 rings (SSSR count). The number of halogens is 3. The number of carbonyl (C=O) groups excluding carboxylic acids is 1. The van der Waals surface area contributed by atoms with Gasteiger partial charge < -0.3 is 10.1 Å². The van der Waals surface area contributed by atoms with Crippen molar-refractivity contribution in [3.63, 3.8) is 0 Å². The van der Waals surface area contributed by atoms with Crippen LogP contribution in [0.2, 0.25) is 0 Å². The Hall–Kier alpha value is -4.19. The molecule has 1 fully saturated rings. The predicted molar refractivity (Wildman–Crippen MR) is 143 cm³/mol. The van der Waals surface area contributed by atoms with Crippen molar-refractivity contribution < 1.29 is 22.7 Å². The van der Waals surface area contributed by atoms with Gasteiger partial charge in [-0.2, -0.15) is 18.3 Å². The van der Waals surface area contributed by atoms with Crippen molar-refractivity contribution in [1.82, 2.24) is 29.7 Å². The van der Waals surface area contributed by atoms with Gasteiger partial charge in [0, 0.05) is 41.7 Å². The summed E-state index contributed by atoms with van der Waals surface area (Å²) in [6, 6.07) is 7.49. The lowest BCUT2D eigenvalue weighted by molar-refractivity contribution is -0.138. The van der Waals surface area contributed by atoms with Gasteiger partial charge in [-0.05, 0) is 69.6 Å². The number of ether oxygens (including phenoxy) is 1. The molecule has 1 N–H and O–H groups in total. The van der Waals surface area contributed by atoms with E-state index < -0.39 is 17.6 Å². The molecule has 3 heterocycles. The second-order valence-electron chi connectivity index (χ2n) is 9.97. The molecule has 1 aliphatic heterocycles. The Labute approximate surface area is 229 Å². The number of aromatic nitrogens is 5. The van der Waals surface area contributed by atoms with Gasteiger partial charge in [-0.1, -0.05) is 11.3 Å². The Kier molecular flexibility index (Phi) is 7.37. The highest BCUT2D eigenvalue weighted by Crippen LogP contribution is 2.41. The number of benzene rings is 2. The van der Waals surface area contributed by atoms with Crippen LogP contribution in [-0.2, 0) is 19.8 Å². The summed E-state index contributed by atoms with van der Waals surface area (Å²) in [4.78, 5) is 15.3. The SMILES string of the molecule is COc1c(CN2CCCC2)cc(NC(=O)c2ccc(C)c(-n3cc(-c4cnn(C)c4C)nn3)c2)cc1C(F)(F)F. The van der Waals surface area contributed by atoms with Crippen molar-refractivity contribution in [3.8, 4) is 22.7 Å². The number of nitrogens with zero attached hydrogens (tertiary/aromatic N) is 6. The lowest BCUT2D eigenvalue weighted by atomic mass is 10.0. The van der Waals surface area contributed by atoms with E-state index in [2.05, 4.69) is 25.6 Å². The number of rotatable bonds is 7. The van der Waals surface area contributed by atoms with E-state index >= 15 is 0 Å². The highest BCUT2D eigenvalue weighted by molar-refractivity contribution is 6.04. The van der Waals surface area contributed by atoms with E-state index in [0.717, 1.165) is 48.8 Å². The molecule has 0 bridgehead atoms. The molecule has 1 aliphatic rings. The number of hydrogen-bond acceptors (Lipinski definition) is 6. The summed E-state index contributed by atoms with van der Waals surface area (Å²) in [5, 5.41) is 15.4. The van der Waals surface area contributed by atoms with Gasteiger partial charge in [0.15, 0.2) is 0 Å². The fourth-order valence-electron chi connectivity index (χ4n) is 4.97. The molecule has 0 aliphatic carbocycles. The maximum absolute atomic E-state index is 14.0. The molecule has 12 heteroatoms. The molecule has 9 nitrogen and oxygen atoms in total. The zero-order chi connectivity index (χ0) is 28.6. The van der Waals surface area contributed by atoms with Crippen LogP contribution in [0, 0.1) is 13.8 Å². The third-order valence-electron chi connectivity index (χ3n) is 7.25. The number of hydrogen-bond donors (Lipinski definition) is 1. The van der Waals surface area contributed by atoms with Crippen molar-refractivity contribution in [3.05, 3.63) is 70.7 Å². The normalized spacial score (nSPS) is 14.1. The monoisotopic (exact) mass is 553 g/mol. The van der Waals surface area contributed by atoms with Crippen LogP contribution >= 0.6 is 0 Å². The van der Waals surface area contributed by atoms with Crippen molar-refractivity contribution in [2.24, 2.45) is 7.05 Å². The van der Waals surface area contributed by atoms with E-state index in [0.29, 0.717) is 23.5 Å². The van der Waals surface area contributed by atoms with Crippen LogP contribution in [0.1, 0.15) is 45.6 Å². The van der Waals surface area contributed by atoms with Gasteiger partial charge in [0.2, 0.25) is 0 Å². The van der Waals surface area contributed by atoms with E-state index in [9.17, 15) is 18.0 Å². The lowest BCUT2D eigenvalue weighted by Gasteiger charge is -2.21. The van der Waals surface area contributed by atoms with Crippen LogP contribution in [0.25, 0.3) is 16.9 Å². The number of anilines is 1. The van der Waals surface area contributed by atoms with Crippen molar-refractivity contribution in [1.29, 1.82) is 0 Å². The molecule has 2 aromatic carbocycles. The molecule has 1 amide bonds. The van der Waals surface area contributed by atoms with Gasteiger partial charge in [0.1, 0.15) is 11.4 Å². The van der Waals surface area contributed by atoms with Crippen molar-refractivity contribution in [2.75, 3.05) is 25.5 Å². The standard InChI is InChI=1S/C28H30F3N7O2/c1-17-7-8-19(12-25(17)38-16-24(34-35-38)22-14-32-36(3)18(22)2)27(39)33-21-11-20(15-37-9-5-6-10-37)26(40-4)23(13-21)28(29,30)31/h7-8,11-14,16H,5-6,9-10,15H2,1-4H3,(H,33,39). The first-order valence-corrected chi connectivity index (χ1v) is 12.9. The third kappa shape index (κ3) is 5.44. The number of alkyl halides is 3. The topological polar surface area (TPSA) is 90.1 Å². The maximum atomic E-state index is 14.0. The third-order valence-corrected chi connectivity index (χ3v) is 7.25. The molecule has 4 aromatic rings. The second kappa shape index (κ2) is 10.8. The Bertz CT molecular complexity index is 1550. The molecule has 0 spiro atoms. The van der Waals surface area contributed by atoms with Gasteiger partial charge in [0.25, 0.3) is 5.91 Å². The second-order valence-corrected chi connectivity index (χ2v) is 9.97. The molecular formula is C28H30F3N7O2. The summed E-state index contributed by atoms with van der Waals surface area (Å²) in [7, 11) is 3.07. The highest BCUT2D eigenvalue weighted by atomic mass is 19.4. The first kappa shape index (κ1) is 27.4. The number of aryl methyl sites for hydroxylation is 2. The molecule has 210 valence electrons. The van der Waals surface area contributed by atoms with Gasteiger partial charge in [0.05, 0.1) is 30.8 Å². The van der Waals surface area contributed by atoms with Crippen LogP contribution in [0.5, 0.6) is 5.75 Å². The zero-order valence-electron chi connectivity index (χ0n) is 22.7. The Morgan fingerprint density at radius 2 is 1.88 bits per heavy atom. The number of methoxy groups -OCH3 is 1. The largest absolute Gasteiger partial charge is 0.496 e. The van der Waals surface area contributed by atoms with E-state index in [4.69, 9.17) is 4.74 Å². The van der Waals surface area contributed by atoms with Crippen molar-refractivity contribution in [2.45, 2.75) is 39.4 Å². The Morgan fingerprint density at radius 3 is 2.52 bits per heavy atom. The van der Waals surface area contributed by atoms with Crippen LogP contribution in [0.3, 0.4) is 0 Å². The number of amides is 1. The summed E-state index contributed by atoms with van der Waals surface area (Å²) < 4.78 is 50.4. The minimum atomic E-state index is -4.65. The van der Waals surface area contributed by atoms with Crippen LogP contribution in [-0.4, -0.2) is 55.8 Å². The molecule has 0 atom stereocenters. The number of carbonyl (C=O) groups is 1. The number of nitrogens with one attached hydrogen (secondary N) is 1. The lowest BCUT2D eigenvalue weighted by Crippen LogP contribution is -2.21. The smallest absolute Gasteiger partial charge is 0.420 e. The maximum Gasteiger partial charge on any atom is 0.420 e. The van der Waals surface area contributed by atoms with Crippen LogP contribution in [0.4, 0.5) is 18.9 Å². The van der Waals surface area contributed by atoms with Crippen LogP contribution in [0.15, 0.2) is 42.7 Å².